The van der Waals surface area contributed by atoms with Gasteiger partial charge in [-0.2, -0.15) is 0 Å². The van der Waals surface area contributed by atoms with Gasteiger partial charge in [-0.3, -0.25) is 4.57 Å². The Bertz CT molecular complexity index is 3720. The van der Waals surface area contributed by atoms with Gasteiger partial charge in [0, 0.05) is 48.3 Å². The lowest BCUT2D eigenvalue weighted by Crippen LogP contribution is -2.02. The number of thiophene rings is 1. The summed E-state index contributed by atoms with van der Waals surface area (Å²) in [6.45, 7) is 0. The Labute approximate surface area is 322 Å². The van der Waals surface area contributed by atoms with Gasteiger partial charge in [-0.1, -0.05) is 115 Å². The molecule has 0 unspecified atom stereocenters. The number of para-hydroxylation sites is 2. The van der Waals surface area contributed by atoms with Crippen LogP contribution in [0.25, 0.3) is 120 Å². The number of rotatable bonds is 3. The largest absolute Gasteiger partial charge is 0.455 e. The molecule has 0 spiro atoms. The van der Waals surface area contributed by atoms with Gasteiger partial charge < -0.3 is 8.98 Å². The Morgan fingerprint density at radius 2 is 1.14 bits per heavy atom. The molecule has 5 nitrogen and oxygen atoms in total. The second kappa shape index (κ2) is 11.1. The third-order valence-corrected chi connectivity index (χ3v) is 12.7. The molecule has 0 amide bonds. The van der Waals surface area contributed by atoms with Crippen LogP contribution in [0, 0.1) is 0 Å². The molecule has 13 aromatic rings. The molecule has 0 saturated carbocycles. The van der Waals surface area contributed by atoms with Gasteiger partial charge in [-0.25, -0.2) is 9.97 Å². The van der Waals surface area contributed by atoms with E-state index in [9.17, 15) is 0 Å². The maximum atomic E-state index is 6.97. The minimum atomic E-state index is 0.638. The Morgan fingerprint density at radius 3 is 1.96 bits per heavy atom. The van der Waals surface area contributed by atoms with Crippen LogP contribution in [0.4, 0.5) is 0 Å². The summed E-state index contributed by atoms with van der Waals surface area (Å²) in [5.41, 5.74) is 10.2. The molecular weight excluding hydrogens is 705 g/mol. The fourth-order valence-corrected chi connectivity index (χ4v) is 10.3. The van der Waals surface area contributed by atoms with Gasteiger partial charge in [0.1, 0.15) is 11.2 Å². The average molecular weight is 733 g/mol. The molecule has 0 N–H and O–H groups in total. The van der Waals surface area contributed by atoms with Crippen molar-refractivity contribution in [2.75, 3.05) is 0 Å². The lowest BCUT2D eigenvalue weighted by atomic mass is 10.0. The number of benzene rings is 8. The van der Waals surface area contributed by atoms with Crippen molar-refractivity contribution in [1.82, 2.24) is 19.1 Å². The van der Waals surface area contributed by atoms with E-state index in [0.717, 1.165) is 81.7 Å². The van der Waals surface area contributed by atoms with Crippen molar-refractivity contribution in [2.45, 2.75) is 0 Å². The van der Waals surface area contributed by atoms with Crippen LogP contribution in [-0.4, -0.2) is 19.1 Å². The predicted molar refractivity (Wildman–Crippen MR) is 234 cm³/mol. The van der Waals surface area contributed by atoms with Gasteiger partial charge >= 0.3 is 0 Å². The van der Waals surface area contributed by atoms with Gasteiger partial charge in [0.2, 0.25) is 5.95 Å². The standard InChI is InChI=1S/C50H28N4OS/c1-2-13-30(14-3-1)46-49-47(36-18-8-11-21-43(36)56-49)52-50(51-46)54-40-25-22-29-12-4-5-15-32(29)44(40)45-41(54)26-24-35-37-28-31(23-27-42(37)55-48(35)45)53-38-19-9-6-16-33(38)34-17-7-10-20-39(34)53/h1-28H. The van der Waals surface area contributed by atoms with Gasteiger partial charge in [0.25, 0.3) is 0 Å². The first-order valence-electron chi connectivity index (χ1n) is 18.8. The van der Waals surface area contributed by atoms with Crippen LogP contribution < -0.4 is 0 Å². The Hall–Kier alpha value is -7.28. The molecule has 56 heavy (non-hydrogen) atoms. The van der Waals surface area contributed by atoms with Crippen LogP contribution in [0.5, 0.6) is 0 Å². The number of nitrogens with zero attached hydrogens (tertiary/aromatic N) is 4. The molecule has 0 radical (unpaired) electrons. The molecule has 5 heterocycles. The molecule has 0 saturated heterocycles. The average Bonchev–Trinajstić information content (AvgIpc) is 4.01. The van der Waals surface area contributed by atoms with Gasteiger partial charge in [-0.05, 0) is 65.4 Å². The van der Waals surface area contributed by atoms with E-state index < -0.39 is 0 Å². The molecule has 0 aliphatic rings. The van der Waals surface area contributed by atoms with E-state index in [0.29, 0.717) is 5.95 Å². The normalized spacial score (nSPS) is 12.3. The molecule has 0 fully saturated rings. The smallest absolute Gasteiger partial charge is 0.235 e. The fourth-order valence-electron chi connectivity index (χ4n) is 9.11. The second-order valence-electron chi connectivity index (χ2n) is 14.5. The summed E-state index contributed by atoms with van der Waals surface area (Å²) in [4.78, 5) is 10.8. The molecule has 6 heteroatoms. The predicted octanol–water partition coefficient (Wildman–Crippen LogP) is 13.8. The summed E-state index contributed by atoms with van der Waals surface area (Å²) in [5.74, 6) is 0.638. The van der Waals surface area contributed by atoms with E-state index in [-0.39, 0.29) is 0 Å². The van der Waals surface area contributed by atoms with E-state index in [2.05, 4.69) is 179 Å². The fraction of sp³-hybridized carbons (Fsp3) is 0. The summed E-state index contributed by atoms with van der Waals surface area (Å²) < 4.78 is 13.9. The summed E-state index contributed by atoms with van der Waals surface area (Å²) >= 11 is 1.75. The van der Waals surface area contributed by atoms with Gasteiger partial charge in [-0.15, -0.1) is 11.3 Å². The van der Waals surface area contributed by atoms with Crippen LogP contribution in [0.15, 0.2) is 174 Å². The molecule has 0 bridgehead atoms. The summed E-state index contributed by atoms with van der Waals surface area (Å²) in [6, 6.07) is 60.4. The van der Waals surface area contributed by atoms with Crippen molar-refractivity contribution >= 4 is 108 Å². The van der Waals surface area contributed by atoms with Crippen molar-refractivity contribution in [3.05, 3.63) is 170 Å². The molecule has 13 rings (SSSR count). The zero-order valence-corrected chi connectivity index (χ0v) is 30.6. The SMILES string of the molecule is c1ccc(-c2nc(-n3c4ccc5ccccc5c4c4c5oc6ccc(-n7c8ccccc8c8ccccc87)cc6c5ccc43)nc3c2sc2ccccc23)cc1. The monoisotopic (exact) mass is 732 g/mol. The molecule has 260 valence electrons. The first kappa shape index (κ1) is 30.1. The molecule has 8 aromatic carbocycles. The zero-order valence-electron chi connectivity index (χ0n) is 29.8. The second-order valence-corrected chi connectivity index (χ2v) is 15.6. The van der Waals surface area contributed by atoms with E-state index in [1.165, 1.54) is 31.9 Å². The molecular formula is C50H28N4OS. The highest BCUT2D eigenvalue weighted by atomic mass is 32.1. The first-order valence-corrected chi connectivity index (χ1v) is 19.6. The molecule has 5 aromatic heterocycles. The highest BCUT2D eigenvalue weighted by Crippen LogP contribution is 2.45. The van der Waals surface area contributed by atoms with Crippen molar-refractivity contribution in [2.24, 2.45) is 0 Å². The topological polar surface area (TPSA) is 48.8 Å². The first-order chi connectivity index (χ1) is 27.8. The Kier molecular flexibility index (Phi) is 5.98. The highest BCUT2D eigenvalue weighted by molar-refractivity contribution is 7.26. The third kappa shape index (κ3) is 4.03. The minimum absolute atomic E-state index is 0.638. The van der Waals surface area contributed by atoms with E-state index in [1.807, 2.05) is 0 Å². The van der Waals surface area contributed by atoms with Crippen molar-refractivity contribution in [3.8, 4) is 22.9 Å². The maximum absolute atomic E-state index is 6.97. The highest BCUT2D eigenvalue weighted by Gasteiger charge is 2.24. The summed E-state index contributed by atoms with van der Waals surface area (Å²) in [7, 11) is 0. The van der Waals surface area contributed by atoms with E-state index >= 15 is 0 Å². The van der Waals surface area contributed by atoms with Crippen LogP contribution >= 0.6 is 11.3 Å². The summed E-state index contributed by atoms with van der Waals surface area (Å²) in [6.07, 6.45) is 0. The summed E-state index contributed by atoms with van der Waals surface area (Å²) in [5, 5.41) is 10.3. The molecule has 0 aliphatic carbocycles. The lowest BCUT2D eigenvalue weighted by Gasteiger charge is -2.10. The third-order valence-electron chi connectivity index (χ3n) is 11.5. The van der Waals surface area contributed by atoms with E-state index in [4.69, 9.17) is 14.4 Å². The minimum Gasteiger partial charge on any atom is -0.455 e. The van der Waals surface area contributed by atoms with Crippen molar-refractivity contribution in [1.29, 1.82) is 0 Å². The van der Waals surface area contributed by atoms with Crippen molar-refractivity contribution < 1.29 is 4.42 Å². The van der Waals surface area contributed by atoms with Crippen LogP contribution in [0.3, 0.4) is 0 Å². The van der Waals surface area contributed by atoms with Crippen LogP contribution in [-0.2, 0) is 0 Å². The lowest BCUT2D eigenvalue weighted by molar-refractivity contribution is 0.673. The quantitative estimate of drug-likeness (QED) is 0.182. The van der Waals surface area contributed by atoms with E-state index in [1.54, 1.807) is 11.3 Å². The molecule has 0 atom stereocenters. The number of hydrogen-bond acceptors (Lipinski definition) is 4. The van der Waals surface area contributed by atoms with Gasteiger partial charge in [0.05, 0.1) is 43.4 Å². The number of furan rings is 1. The van der Waals surface area contributed by atoms with Crippen LogP contribution in [0.2, 0.25) is 0 Å². The zero-order chi connectivity index (χ0) is 36.5. The van der Waals surface area contributed by atoms with Crippen molar-refractivity contribution in [3.63, 3.8) is 0 Å². The number of fused-ring (bicyclic) bond motifs is 15. The Morgan fingerprint density at radius 1 is 0.464 bits per heavy atom. The van der Waals surface area contributed by atoms with Gasteiger partial charge in [0.15, 0.2) is 0 Å². The number of aromatic nitrogens is 4. The number of hydrogen-bond donors (Lipinski definition) is 0. The maximum Gasteiger partial charge on any atom is 0.235 e. The van der Waals surface area contributed by atoms with Crippen LogP contribution in [0.1, 0.15) is 0 Å². The molecule has 0 aliphatic heterocycles. The Balaban J connectivity index is 1.14.